The van der Waals surface area contributed by atoms with Crippen LogP contribution < -0.4 is 10.6 Å². The summed E-state index contributed by atoms with van der Waals surface area (Å²) in [6.45, 7) is 1.51. The molecule has 0 bridgehead atoms. The van der Waals surface area contributed by atoms with Gasteiger partial charge in [-0.05, 0) is 43.8 Å². The van der Waals surface area contributed by atoms with Crippen LogP contribution in [0.15, 0.2) is 47.3 Å². The summed E-state index contributed by atoms with van der Waals surface area (Å²) in [5.74, 6) is 1.47. The number of aromatic amines is 2. The van der Waals surface area contributed by atoms with E-state index in [9.17, 15) is 14.4 Å². The van der Waals surface area contributed by atoms with Gasteiger partial charge in [-0.15, -0.1) is 22.7 Å². The van der Waals surface area contributed by atoms with E-state index in [1.54, 1.807) is 36.0 Å². The largest absolute Gasteiger partial charge is 0.340 e. The highest BCUT2D eigenvalue weighted by Crippen LogP contribution is 2.44. The Labute approximate surface area is 271 Å². The molecule has 7 rings (SSSR count). The van der Waals surface area contributed by atoms with Crippen molar-refractivity contribution in [3.8, 4) is 22.4 Å². The van der Waals surface area contributed by atoms with E-state index in [1.807, 2.05) is 34.2 Å². The second kappa shape index (κ2) is 12.4. The van der Waals surface area contributed by atoms with Crippen molar-refractivity contribution >= 4 is 71.9 Å². The Kier molecular flexibility index (Phi) is 8.21. The number of nitrogens with zero attached hydrogens (tertiary/aromatic N) is 4. The van der Waals surface area contributed by atoms with Gasteiger partial charge in [-0.3, -0.25) is 14.4 Å². The molecular weight excluding hydrogens is 629 g/mol. The molecule has 1 saturated heterocycles. The van der Waals surface area contributed by atoms with Crippen molar-refractivity contribution in [1.29, 1.82) is 0 Å². The standard InChI is InChI=1S/C31H32N8O3S3/c1-32-13-25(40)39-10-4-6-24(39)30-35-20-8-7-17(11-21(20)36-30)18-15-44-28-19(16-45-27(18)28)22-12-33-29(37-22)23-5-3-9-38(23)26(41)14-34-31(42)43-2/h4,6-8,11-12,15-16,23-24,32H,3,5,9-10,13-14H2,1-2H3,(H,33,37)(H,34,42)(H,35,36). The monoisotopic (exact) mass is 660 g/mol. The Morgan fingerprint density at radius 2 is 1.84 bits per heavy atom. The Bertz CT molecular complexity index is 1940. The van der Waals surface area contributed by atoms with Gasteiger partial charge in [0.15, 0.2) is 0 Å². The van der Waals surface area contributed by atoms with Gasteiger partial charge in [0.05, 0.1) is 51.5 Å². The van der Waals surface area contributed by atoms with Crippen molar-refractivity contribution in [2.45, 2.75) is 24.9 Å². The zero-order valence-corrected chi connectivity index (χ0v) is 27.2. The van der Waals surface area contributed by atoms with Gasteiger partial charge in [0, 0.05) is 35.0 Å². The molecule has 1 aromatic carbocycles. The van der Waals surface area contributed by atoms with Gasteiger partial charge in [-0.1, -0.05) is 30.0 Å². The fourth-order valence-corrected chi connectivity index (χ4v) is 8.78. The zero-order chi connectivity index (χ0) is 31.1. The van der Waals surface area contributed by atoms with E-state index in [4.69, 9.17) is 4.98 Å². The van der Waals surface area contributed by atoms with Crippen LogP contribution in [0.25, 0.3) is 42.8 Å². The van der Waals surface area contributed by atoms with Gasteiger partial charge in [0.2, 0.25) is 11.8 Å². The molecule has 6 heterocycles. The molecule has 45 heavy (non-hydrogen) atoms. The predicted molar refractivity (Wildman–Crippen MR) is 180 cm³/mol. The van der Waals surface area contributed by atoms with Crippen LogP contribution in [0.5, 0.6) is 0 Å². The van der Waals surface area contributed by atoms with E-state index >= 15 is 0 Å². The molecule has 2 unspecified atom stereocenters. The number of carbonyl (C=O) groups is 3. The number of carbonyl (C=O) groups excluding carboxylic acids is 3. The van der Waals surface area contributed by atoms with Crippen molar-refractivity contribution < 1.29 is 14.4 Å². The molecule has 1 fully saturated rings. The Balaban J connectivity index is 1.12. The number of nitrogens with one attached hydrogen (secondary N) is 4. The number of likely N-dealkylation sites (tertiary alicyclic amines) is 1. The fraction of sp³-hybridized carbons (Fsp3) is 0.323. The smallest absolute Gasteiger partial charge is 0.279 e. The summed E-state index contributed by atoms with van der Waals surface area (Å²) in [6.07, 6.45) is 9.30. The van der Waals surface area contributed by atoms with Crippen LogP contribution >= 0.6 is 34.4 Å². The number of likely N-dealkylation sites (N-methyl/N-ethyl adjacent to an activating group) is 1. The maximum Gasteiger partial charge on any atom is 0.279 e. The molecule has 232 valence electrons. The van der Waals surface area contributed by atoms with E-state index < -0.39 is 0 Å². The number of benzene rings is 1. The third kappa shape index (κ3) is 5.56. The lowest BCUT2D eigenvalue weighted by molar-refractivity contribution is -0.131. The van der Waals surface area contributed by atoms with Gasteiger partial charge >= 0.3 is 0 Å². The van der Waals surface area contributed by atoms with Crippen molar-refractivity contribution in [1.82, 2.24) is 40.4 Å². The number of H-pyrrole nitrogens is 2. The van der Waals surface area contributed by atoms with E-state index in [2.05, 4.69) is 48.5 Å². The van der Waals surface area contributed by atoms with Crippen LogP contribution in [0.3, 0.4) is 0 Å². The molecule has 2 aliphatic heterocycles. The predicted octanol–water partition coefficient (Wildman–Crippen LogP) is 5.29. The van der Waals surface area contributed by atoms with Crippen LogP contribution in [-0.4, -0.2) is 86.3 Å². The fourth-order valence-electron chi connectivity index (χ4n) is 6.13. The molecule has 3 amide bonds. The normalized spacial score (nSPS) is 18.1. The Hall–Kier alpha value is -3.98. The minimum Gasteiger partial charge on any atom is -0.340 e. The molecule has 4 N–H and O–H groups in total. The highest BCUT2D eigenvalue weighted by Gasteiger charge is 2.32. The number of fused-ring (bicyclic) bond motifs is 2. The van der Waals surface area contributed by atoms with Gasteiger partial charge < -0.3 is 30.4 Å². The average Bonchev–Trinajstić information content (AvgIpc) is 3.88. The summed E-state index contributed by atoms with van der Waals surface area (Å²) in [4.78, 5) is 57.2. The van der Waals surface area contributed by atoms with Gasteiger partial charge in [-0.2, -0.15) is 0 Å². The van der Waals surface area contributed by atoms with Crippen LogP contribution in [-0.2, 0) is 9.59 Å². The summed E-state index contributed by atoms with van der Waals surface area (Å²) in [6, 6.07) is 5.92. The first-order valence-corrected chi connectivity index (χ1v) is 17.7. The third-order valence-corrected chi connectivity index (χ3v) is 11.0. The zero-order valence-electron chi connectivity index (χ0n) is 24.8. The molecule has 14 heteroatoms. The third-order valence-electron chi connectivity index (χ3n) is 8.32. The lowest BCUT2D eigenvalue weighted by Crippen LogP contribution is -2.39. The molecule has 2 atom stereocenters. The number of thioether (sulfide) groups is 1. The first kappa shape index (κ1) is 29.7. The first-order valence-electron chi connectivity index (χ1n) is 14.7. The van der Waals surface area contributed by atoms with Gasteiger partial charge in [-0.25, -0.2) is 9.97 Å². The molecular formula is C31H32N8O3S3. The number of hydrogen-bond acceptors (Lipinski definition) is 9. The topological polar surface area (TPSA) is 139 Å². The van der Waals surface area contributed by atoms with E-state index in [-0.39, 0.29) is 42.2 Å². The maximum absolute atomic E-state index is 12.8. The van der Waals surface area contributed by atoms with Gasteiger partial charge in [0.25, 0.3) is 5.24 Å². The Morgan fingerprint density at radius 1 is 1.04 bits per heavy atom. The number of rotatable bonds is 8. The molecule has 11 nitrogen and oxygen atoms in total. The molecule has 4 aromatic heterocycles. The number of hydrogen-bond donors (Lipinski definition) is 4. The molecule has 0 aliphatic carbocycles. The highest BCUT2D eigenvalue weighted by atomic mass is 32.2. The minimum absolute atomic E-state index is 0.00899. The lowest BCUT2D eigenvalue weighted by Gasteiger charge is -2.23. The second-order valence-corrected chi connectivity index (χ2v) is 13.6. The number of amides is 3. The summed E-state index contributed by atoms with van der Waals surface area (Å²) in [7, 11) is 1.77. The molecule has 2 aliphatic rings. The highest BCUT2D eigenvalue weighted by molar-refractivity contribution is 8.12. The van der Waals surface area contributed by atoms with Gasteiger partial charge in [0.1, 0.15) is 17.7 Å². The molecule has 0 saturated carbocycles. The summed E-state index contributed by atoms with van der Waals surface area (Å²) in [5, 5.41) is 9.74. The number of aromatic nitrogens is 4. The first-order chi connectivity index (χ1) is 21.9. The van der Waals surface area contributed by atoms with E-state index in [0.717, 1.165) is 69.7 Å². The lowest BCUT2D eigenvalue weighted by atomic mass is 10.1. The average molecular weight is 661 g/mol. The maximum atomic E-state index is 12.8. The Morgan fingerprint density at radius 3 is 2.67 bits per heavy atom. The molecule has 0 spiro atoms. The second-order valence-electron chi connectivity index (χ2n) is 11.0. The summed E-state index contributed by atoms with van der Waals surface area (Å²) in [5.41, 5.74) is 6.08. The van der Waals surface area contributed by atoms with Crippen molar-refractivity contribution in [2.75, 3.05) is 39.5 Å². The van der Waals surface area contributed by atoms with E-state index in [1.165, 1.54) is 9.40 Å². The van der Waals surface area contributed by atoms with Crippen LogP contribution in [0, 0.1) is 0 Å². The van der Waals surface area contributed by atoms with Crippen molar-refractivity contribution in [2.24, 2.45) is 0 Å². The van der Waals surface area contributed by atoms with Crippen molar-refractivity contribution in [3.05, 3.63) is 59.0 Å². The molecule has 5 aromatic rings. The van der Waals surface area contributed by atoms with Crippen LogP contribution in [0.4, 0.5) is 4.79 Å². The quantitative estimate of drug-likeness (QED) is 0.166. The van der Waals surface area contributed by atoms with Crippen molar-refractivity contribution in [3.63, 3.8) is 0 Å². The number of thiophene rings is 2. The SMILES string of the molecule is CNCC(=O)N1CC=CC1c1nc2ccc(-c3csc4c(-c5cnc(C6CCCN6C(=O)CNC(=O)SC)[nH]5)csc34)cc2[nH]1. The molecule has 0 radical (unpaired) electrons. The minimum atomic E-state index is -0.211. The number of imidazole rings is 2. The summed E-state index contributed by atoms with van der Waals surface area (Å²) < 4.78 is 2.39. The van der Waals surface area contributed by atoms with Crippen LogP contribution in [0.1, 0.15) is 36.6 Å². The summed E-state index contributed by atoms with van der Waals surface area (Å²) >= 11 is 4.47. The van der Waals surface area contributed by atoms with E-state index in [0.29, 0.717) is 13.1 Å². The van der Waals surface area contributed by atoms with Crippen LogP contribution in [0.2, 0.25) is 0 Å².